The van der Waals surface area contributed by atoms with Gasteiger partial charge in [-0.1, -0.05) is 34.1 Å². The van der Waals surface area contributed by atoms with Crippen LogP contribution in [0.3, 0.4) is 0 Å². The van der Waals surface area contributed by atoms with Crippen molar-refractivity contribution in [1.82, 2.24) is 5.43 Å². The van der Waals surface area contributed by atoms with Gasteiger partial charge < -0.3 is 0 Å². The minimum absolute atomic E-state index is 0.205. The molecule has 3 N–H and O–H groups in total. The second kappa shape index (κ2) is 6.62. The van der Waals surface area contributed by atoms with E-state index in [1.54, 1.807) is 0 Å². The predicted octanol–water partition coefficient (Wildman–Crippen LogP) is 2.24. The molecule has 0 fully saturated rings. The van der Waals surface area contributed by atoms with Gasteiger partial charge in [0.05, 0.1) is 0 Å². The second-order valence-corrected chi connectivity index (χ2v) is 4.14. The SMILES string of the molecule is CC#CCC(Cc1ccccc1Br)NN. The van der Waals surface area contributed by atoms with Crippen LogP contribution in [0.2, 0.25) is 0 Å². The number of benzene rings is 1. The van der Waals surface area contributed by atoms with E-state index in [2.05, 4.69) is 39.3 Å². The Bertz CT molecular complexity index is 365. The zero-order chi connectivity index (χ0) is 11.1. The van der Waals surface area contributed by atoms with Crippen LogP contribution in [0, 0.1) is 11.8 Å². The van der Waals surface area contributed by atoms with Crippen LogP contribution in [0.5, 0.6) is 0 Å². The zero-order valence-electron chi connectivity index (χ0n) is 8.76. The predicted molar refractivity (Wildman–Crippen MR) is 67.0 cm³/mol. The Morgan fingerprint density at radius 3 is 2.80 bits per heavy atom. The van der Waals surface area contributed by atoms with Gasteiger partial charge >= 0.3 is 0 Å². The van der Waals surface area contributed by atoms with Crippen molar-refractivity contribution in [3.05, 3.63) is 34.3 Å². The lowest BCUT2D eigenvalue weighted by molar-refractivity contribution is 0.536. The number of hydrogen-bond acceptors (Lipinski definition) is 2. The van der Waals surface area contributed by atoms with Gasteiger partial charge in [-0.05, 0) is 25.0 Å². The molecule has 1 aromatic carbocycles. The Hall–Kier alpha value is -0.820. The highest BCUT2D eigenvalue weighted by Crippen LogP contribution is 2.17. The first-order valence-corrected chi connectivity index (χ1v) is 5.66. The molecular weight excluding hydrogens is 252 g/mol. The average Bonchev–Trinajstić information content (AvgIpc) is 2.26. The number of nitrogens with one attached hydrogen (secondary N) is 1. The molecule has 1 unspecified atom stereocenters. The van der Waals surface area contributed by atoms with Gasteiger partial charge in [-0.2, -0.15) is 0 Å². The maximum absolute atomic E-state index is 5.48. The largest absolute Gasteiger partial charge is 0.271 e. The lowest BCUT2D eigenvalue weighted by atomic mass is 10.0. The summed E-state index contributed by atoms with van der Waals surface area (Å²) in [4.78, 5) is 0. The summed E-state index contributed by atoms with van der Waals surface area (Å²) >= 11 is 3.52. The van der Waals surface area contributed by atoms with E-state index >= 15 is 0 Å². The van der Waals surface area contributed by atoms with Crippen molar-refractivity contribution in [2.24, 2.45) is 5.84 Å². The van der Waals surface area contributed by atoms with Gasteiger partial charge in [0.15, 0.2) is 0 Å². The molecule has 0 amide bonds. The monoisotopic (exact) mass is 266 g/mol. The summed E-state index contributed by atoms with van der Waals surface area (Å²) in [6, 6.07) is 8.36. The molecule has 1 aromatic rings. The smallest absolute Gasteiger partial charge is 0.0360 e. The van der Waals surface area contributed by atoms with Gasteiger partial charge in [0.2, 0.25) is 0 Å². The molecule has 1 atom stereocenters. The van der Waals surface area contributed by atoms with E-state index in [-0.39, 0.29) is 6.04 Å². The first kappa shape index (κ1) is 12.3. The Kier molecular flexibility index (Phi) is 5.41. The molecule has 0 radical (unpaired) electrons. The van der Waals surface area contributed by atoms with Gasteiger partial charge in [0.1, 0.15) is 0 Å². The summed E-state index contributed by atoms with van der Waals surface area (Å²) in [6.45, 7) is 1.84. The van der Waals surface area contributed by atoms with Crippen LogP contribution in [-0.4, -0.2) is 6.04 Å². The van der Waals surface area contributed by atoms with Crippen LogP contribution >= 0.6 is 15.9 Å². The summed E-state index contributed by atoms with van der Waals surface area (Å²) in [6.07, 6.45) is 1.65. The highest BCUT2D eigenvalue weighted by Gasteiger charge is 2.07. The molecule has 0 aromatic heterocycles. The Labute approximate surface area is 99.3 Å². The molecule has 0 spiro atoms. The highest BCUT2D eigenvalue weighted by atomic mass is 79.9. The summed E-state index contributed by atoms with van der Waals surface area (Å²) in [5, 5.41) is 0. The lowest BCUT2D eigenvalue weighted by Gasteiger charge is -2.13. The normalized spacial score (nSPS) is 11.7. The fourth-order valence-corrected chi connectivity index (χ4v) is 1.79. The molecular formula is C12H15BrN2. The van der Waals surface area contributed by atoms with Crippen molar-refractivity contribution in [3.8, 4) is 11.8 Å². The Morgan fingerprint density at radius 2 is 2.20 bits per heavy atom. The molecule has 15 heavy (non-hydrogen) atoms. The summed E-state index contributed by atoms with van der Waals surface area (Å²) in [5.41, 5.74) is 4.04. The van der Waals surface area contributed by atoms with E-state index in [0.717, 1.165) is 17.3 Å². The molecule has 0 aliphatic carbocycles. The fourth-order valence-electron chi connectivity index (χ4n) is 1.34. The van der Waals surface area contributed by atoms with E-state index in [1.807, 2.05) is 25.1 Å². The van der Waals surface area contributed by atoms with Gasteiger partial charge in [-0.3, -0.25) is 11.3 Å². The summed E-state index contributed by atoms with van der Waals surface area (Å²) in [5.74, 6) is 11.4. The van der Waals surface area contributed by atoms with E-state index in [1.165, 1.54) is 5.56 Å². The van der Waals surface area contributed by atoms with Crippen molar-refractivity contribution in [2.75, 3.05) is 0 Å². The maximum atomic E-state index is 5.48. The first-order valence-electron chi connectivity index (χ1n) is 4.87. The minimum Gasteiger partial charge on any atom is -0.271 e. The van der Waals surface area contributed by atoms with Crippen LogP contribution in [0.4, 0.5) is 0 Å². The molecule has 0 aliphatic rings. The number of hydrazine groups is 1. The van der Waals surface area contributed by atoms with E-state index in [9.17, 15) is 0 Å². The van der Waals surface area contributed by atoms with Crippen molar-refractivity contribution in [3.63, 3.8) is 0 Å². The van der Waals surface area contributed by atoms with Crippen molar-refractivity contribution in [2.45, 2.75) is 25.8 Å². The second-order valence-electron chi connectivity index (χ2n) is 3.29. The number of hydrogen-bond donors (Lipinski definition) is 2. The molecule has 80 valence electrons. The molecule has 0 bridgehead atoms. The molecule has 3 heteroatoms. The van der Waals surface area contributed by atoms with Gasteiger partial charge in [0, 0.05) is 16.9 Å². The third-order valence-corrected chi connectivity index (χ3v) is 2.96. The highest BCUT2D eigenvalue weighted by molar-refractivity contribution is 9.10. The fraction of sp³-hybridized carbons (Fsp3) is 0.333. The number of nitrogens with two attached hydrogens (primary N) is 1. The van der Waals surface area contributed by atoms with Crippen LogP contribution in [0.1, 0.15) is 18.9 Å². The van der Waals surface area contributed by atoms with E-state index in [0.29, 0.717) is 0 Å². The van der Waals surface area contributed by atoms with Gasteiger partial charge in [-0.15, -0.1) is 11.8 Å². The lowest BCUT2D eigenvalue weighted by Crippen LogP contribution is -2.36. The zero-order valence-corrected chi connectivity index (χ0v) is 10.3. The quantitative estimate of drug-likeness (QED) is 0.499. The molecule has 0 saturated carbocycles. The topological polar surface area (TPSA) is 38.0 Å². The Morgan fingerprint density at radius 1 is 1.47 bits per heavy atom. The standard InChI is InChI=1S/C12H15BrN2/c1-2-3-7-11(15-14)9-10-6-4-5-8-12(10)13/h4-6,8,11,15H,7,9,14H2,1H3. The minimum atomic E-state index is 0.205. The number of halogens is 1. The summed E-state index contributed by atoms with van der Waals surface area (Å²) in [7, 11) is 0. The molecule has 1 rings (SSSR count). The maximum Gasteiger partial charge on any atom is 0.0360 e. The third-order valence-electron chi connectivity index (χ3n) is 2.19. The van der Waals surface area contributed by atoms with Gasteiger partial charge in [0.25, 0.3) is 0 Å². The van der Waals surface area contributed by atoms with Crippen molar-refractivity contribution >= 4 is 15.9 Å². The van der Waals surface area contributed by atoms with E-state index in [4.69, 9.17) is 5.84 Å². The van der Waals surface area contributed by atoms with Crippen LogP contribution in [-0.2, 0) is 6.42 Å². The average molecular weight is 267 g/mol. The van der Waals surface area contributed by atoms with Crippen LogP contribution in [0.25, 0.3) is 0 Å². The third kappa shape index (κ3) is 4.05. The Balaban J connectivity index is 2.65. The van der Waals surface area contributed by atoms with Crippen molar-refractivity contribution in [1.29, 1.82) is 0 Å². The number of rotatable bonds is 4. The van der Waals surface area contributed by atoms with E-state index < -0.39 is 0 Å². The summed E-state index contributed by atoms with van der Waals surface area (Å²) < 4.78 is 1.12. The van der Waals surface area contributed by atoms with Crippen molar-refractivity contribution < 1.29 is 0 Å². The van der Waals surface area contributed by atoms with Gasteiger partial charge in [-0.25, -0.2) is 0 Å². The molecule has 0 saturated heterocycles. The molecule has 2 nitrogen and oxygen atoms in total. The molecule has 0 heterocycles. The van der Waals surface area contributed by atoms with Crippen LogP contribution in [0.15, 0.2) is 28.7 Å². The molecule has 0 aliphatic heterocycles. The first-order chi connectivity index (χ1) is 7.27. The van der Waals surface area contributed by atoms with Crippen LogP contribution < -0.4 is 11.3 Å².